The van der Waals surface area contributed by atoms with Gasteiger partial charge >= 0.3 is 0 Å². The lowest BCUT2D eigenvalue weighted by Gasteiger charge is -2.40. The molecule has 0 amide bonds. The van der Waals surface area contributed by atoms with Gasteiger partial charge in [0.1, 0.15) is 0 Å². The molecule has 1 aliphatic carbocycles. The lowest BCUT2D eigenvalue weighted by atomic mass is 9.99. The quantitative estimate of drug-likeness (QED) is 0.605. The Kier molecular flexibility index (Phi) is 6.34. The van der Waals surface area contributed by atoms with Crippen molar-refractivity contribution >= 4 is 5.96 Å². The van der Waals surface area contributed by atoms with E-state index >= 15 is 0 Å². The second-order valence-electron chi connectivity index (χ2n) is 7.18. The van der Waals surface area contributed by atoms with E-state index in [-0.39, 0.29) is 5.54 Å². The predicted octanol–water partition coefficient (Wildman–Crippen LogP) is 2.75. The summed E-state index contributed by atoms with van der Waals surface area (Å²) in [5, 5.41) is 7.02. The Morgan fingerprint density at radius 2 is 1.76 bits per heavy atom. The predicted molar refractivity (Wildman–Crippen MR) is 90.9 cm³/mol. The smallest absolute Gasteiger partial charge is 0.191 e. The van der Waals surface area contributed by atoms with E-state index in [1.165, 1.54) is 58.0 Å². The van der Waals surface area contributed by atoms with Crippen molar-refractivity contribution in [2.45, 2.75) is 77.3 Å². The fraction of sp³-hybridized carbons (Fsp3) is 0.941. The zero-order chi connectivity index (χ0) is 15.1. The molecule has 0 atom stereocenters. The number of nitrogens with zero attached hydrogens (tertiary/aromatic N) is 2. The second-order valence-corrected chi connectivity index (χ2v) is 7.18. The van der Waals surface area contributed by atoms with Crippen LogP contribution in [0.15, 0.2) is 4.99 Å². The molecule has 1 aliphatic heterocycles. The summed E-state index contributed by atoms with van der Waals surface area (Å²) in [6.45, 7) is 11.1. The van der Waals surface area contributed by atoms with Crippen LogP contribution in [0, 0.1) is 0 Å². The van der Waals surface area contributed by atoms with Gasteiger partial charge in [-0.25, -0.2) is 0 Å². The van der Waals surface area contributed by atoms with Gasteiger partial charge < -0.3 is 10.6 Å². The Balaban J connectivity index is 1.89. The number of rotatable bonds is 5. The molecule has 0 aromatic heterocycles. The average Bonchev–Trinajstić information content (AvgIpc) is 2.99. The highest BCUT2D eigenvalue weighted by molar-refractivity contribution is 5.80. The normalized spacial score (nSPS) is 22.5. The summed E-state index contributed by atoms with van der Waals surface area (Å²) >= 11 is 0. The molecule has 1 saturated heterocycles. The van der Waals surface area contributed by atoms with E-state index in [0.717, 1.165) is 19.0 Å². The molecule has 2 aliphatic rings. The molecule has 0 bridgehead atoms. The van der Waals surface area contributed by atoms with Crippen LogP contribution in [0.3, 0.4) is 0 Å². The number of likely N-dealkylation sites (tertiary alicyclic amines) is 1. The van der Waals surface area contributed by atoms with Crippen molar-refractivity contribution in [3.8, 4) is 0 Å². The summed E-state index contributed by atoms with van der Waals surface area (Å²) in [6.07, 6.45) is 9.37. The van der Waals surface area contributed by atoms with Crippen LogP contribution in [0.5, 0.6) is 0 Å². The van der Waals surface area contributed by atoms with Crippen molar-refractivity contribution in [2.75, 3.05) is 26.2 Å². The van der Waals surface area contributed by atoms with E-state index in [9.17, 15) is 0 Å². The van der Waals surface area contributed by atoms with Crippen molar-refractivity contribution in [3.63, 3.8) is 0 Å². The molecule has 21 heavy (non-hydrogen) atoms. The van der Waals surface area contributed by atoms with Crippen LogP contribution in [-0.4, -0.2) is 48.6 Å². The third kappa shape index (κ3) is 5.17. The molecule has 0 unspecified atom stereocenters. The van der Waals surface area contributed by atoms with Gasteiger partial charge in [-0.15, -0.1) is 0 Å². The van der Waals surface area contributed by atoms with Crippen LogP contribution >= 0.6 is 0 Å². The highest BCUT2D eigenvalue weighted by Crippen LogP contribution is 2.21. The third-order valence-corrected chi connectivity index (χ3v) is 4.88. The largest absolute Gasteiger partial charge is 0.357 e. The Labute approximate surface area is 130 Å². The maximum absolute atomic E-state index is 4.88. The summed E-state index contributed by atoms with van der Waals surface area (Å²) in [6, 6.07) is 0.626. The first kappa shape index (κ1) is 16.6. The monoisotopic (exact) mass is 294 g/mol. The Morgan fingerprint density at radius 3 is 2.38 bits per heavy atom. The fourth-order valence-corrected chi connectivity index (χ4v) is 3.46. The number of guanidine groups is 1. The average molecular weight is 294 g/mol. The standard InChI is InChI=1S/C17H34N4/c1-4-18-16(20-15-10-6-7-11-15)19-14-17(2,3)21-12-8-5-9-13-21/h15H,4-14H2,1-3H3,(H2,18,19,20). The molecule has 1 heterocycles. The molecule has 2 N–H and O–H groups in total. The SMILES string of the molecule is CCNC(=NCC(C)(C)N1CCCCC1)NC1CCCC1. The fourth-order valence-electron chi connectivity index (χ4n) is 3.46. The molecule has 4 heteroatoms. The Morgan fingerprint density at radius 1 is 1.10 bits per heavy atom. The molecule has 0 radical (unpaired) electrons. The van der Waals surface area contributed by atoms with Gasteiger partial charge in [-0.05, 0) is 59.5 Å². The first-order valence-corrected chi connectivity index (χ1v) is 8.92. The number of hydrogen-bond donors (Lipinski definition) is 2. The molecule has 0 spiro atoms. The summed E-state index contributed by atoms with van der Waals surface area (Å²) in [5.74, 6) is 1.01. The van der Waals surface area contributed by atoms with Gasteiger partial charge in [0.15, 0.2) is 5.96 Å². The van der Waals surface area contributed by atoms with Crippen molar-refractivity contribution < 1.29 is 0 Å². The molecule has 122 valence electrons. The second kappa shape index (κ2) is 8.02. The summed E-state index contributed by atoms with van der Waals surface area (Å²) in [4.78, 5) is 7.49. The van der Waals surface area contributed by atoms with E-state index in [0.29, 0.717) is 6.04 Å². The maximum Gasteiger partial charge on any atom is 0.191 e. The maximum atomic E-state index is 4.88. The van der Waals surface area contributed by atoms with Crippen LogP contribution in [0.25, 0.3) is 0 Å². The summed E-state index contributed by atoms with van der Waals surface area (Å²) in [7, 11) is 0. The highest BCUT2D eigenvalue weighted by atomic mass is 15.2. The minimum absolute atomic E-state index is 0.165. The lowest BCUT2D eigenvalue weighted by Crippen LogP contribution is -2.50. The molecule has 2 fully saturated rings. The zero-order valence-corrected chi connectivity index (χ0v) is 14.2. The minimum atomic E-state index is 0.165. The minimum Gasteiger partial charge on any atom is -0.357 e. The van der Waals surface area contributed by atoms with Crippen molar-refractivity contribution in [3.05, 3.63) is 0 Å². The molecule has 0 aromatic rings. The molecule has 0 aromatic carbocycles. The number of nitrogens with one attached hydrogen (secondary N) is 2. The van der Waals surface area contributed by atoms with Crippen LogP contribution in [0.4, 0.5) is 0 Å². The number of piperidine rings is 1. The van der Waals surface area contributed by atoms with Gasteiger partial charge in [-0.2, -0.15) is 0 Å². The number of hydrogen-bond acceptors (Lipinski definition) is 2. The van der Waals surface area contributed by atoms with Crippen LogP contribution < -0.4 is 10.6 Å². The number of aliphatic imine (C=N–C) groups is 1. The van der Waals surface area contributed by atoms with Gasteiger partial charge in [-0.3, -0.25) is 9.89 Å². The topological polar surface area (TPSA) is 39.7 Å². The van der Waals surface area contributed by atoms with Gasteiger partial charge in [-0.1, -0.05) is 19.3 Å². The van der Waals surface area contributed by atoms with Crippen LogP contribution in [-0.2, 0) is 0 Å². The van der Waals surface area contributed by atoms with Crippen molar-refractivity contribution in [1.82, 2.24) is 15.5 Å². The first-order valence-electron chi connectivity index (χ1n) is 8.92. The van der Waals surface area contributed by atoms with E-state index < -0.39 is 0 Å². The highest BCUT2D eigenvalue weighted by Gasteiger charge is 2.27. The van der Waals surface area contributed by atoms with Crippen LogP contribution in [0.2, 0.25) is 0 Å². The van der Waals surface area contributed by atoms with Crippen molar-refractivity contribution in [1.29, 1.82) is 0 Å². The van der Waals surface area contributed by atoms with Crippen LogP contribution in [0.1, 0.15) is 65.7 Å². The van der Waals surface area contributed by atoms with Crippen molar-refractivity contribution in [2.24, 2.45) is 4.99 Å². The van der Waals surface area contributed by atoms with Gasteiger partial charge in [0, 0.05) is 18.1 Å². The lowest BCUT2D eigenvalue weighted by molar-refractivity contribution is 0.102. The van der Waals surface area contributed by atoms with Gasteiger partial charge in [0.05, 0.1) is 6.54 Å². The Hall–Kier alpha value is -0.770. The van der Waals surface area contributed by atoms with E-state index in [4.69, 9.17) is 4.99 Å². The third-order valence-electron chi connectivity index (χ3n) is 4.88. The van der Waals surface area contributed by atoms with E-state index in [2.05, 4.69) is 36.3 Å². The molecular weight excluding hydrogens is 260 g/mol. The molecule has 1 saturated carbocycles. The molecule has 4 nitrogen and oxygen atoms in total. The summed E-state index contributed by atoms with van der Waals surface area (Å²) in [5.41, 5.74) is 0.165. The molecular formula is C17H34N4. The first-order chi connectivity index (χ1) is 10.1. The molecule has 2 rings (SSSR count). The zero-order valence-electron chi connectivity index (χ0n) is 14.2. The summed E-state index contributed by atoms with van der Waals surface area (Å²) < 4.78 is 0. The Bertz CT molecular complexity index is 326. The van der Waals surface area contributed by atoms with Gasteiger partial charge in [0.2, 0.25) is 0 Å². The van der Waals surface area contributed by atoms with Gasteiger partial charge in [0.25, 0.3) is 0 Å². The van der Waals surface area contributed by atoms with E-state index in [1.54, 1.807) is 0 Å². The van der Waals surface area contributed by atoms with E-state index in [1.807, 2.05) is 0 Å².